The summed E-state index contributed by atoms with van der Waals surface area (Å²) in [6, 6.07) is 5.16. The van der Waals surface area contributed by atoms with Crippen molar-refractivity contribution in [3.63, 3.8) is 0 Å². The number of alkyl halides is 3. The molecule has 1 aromatic carbocycles. The molecule has 2 amide bonds. The van der Waals surface area contributed by atoms with Crippen molar-refractivity contribution in [2.24, 2.45) is 5.92 Å². The van der Waals surface area contributed by atoms with Gasteiger partial charge in [-0.1, -0.05) is 25.1 Å². The highest BCUT2D eigenvalue weighted by atomic mass is 19.4. The lowest BCUT2D eigenvalue weighted by Crippen LogP contribution is -2.50. The fourth-order valence-corrected chi connectivity index (χ4v) is 4.03. The third kappa shape index (κ3) is 4.32. The van der Waals surface area contributed by atoms with Gasteiger partial charge in [0.15, 0.2) is 0 Å². The SMILES string of the molecule is CCC(=O)N1C[C@H](C(=O)N2CCN(C)CC2)[C@H](c2cccc(C(F)(F)F)c2)C1. The topological polar surface area (TPSA) is 43.9 Å². The minimum absolute atomic E-state index is 0.0677. The molecule has 2 heterocycles. The van der Waals surface area contributed by atoms with Crippen LogP contribution in [0.1, 0.15) is 30.4 Å². The zero-order chi connectivity index (χ0) is 20.5. The van der Waals surface area contributed by atoms with Gasteiger partial charge in [-0.2, -0.15) is 13.2 Å². The van der Waals surface area contributed by atoms with Gasteiger partial charge in [0.2, 0.25) is 11.8 Å². The molecule has 2 atom stereocenters. The Bertz CT molecular complexity index is 730. The van der Waals surface area contributed by atoms with Gasteiger partial charge < -0.3 is 14.7 Å². The summed E-state index contributed by atoms with van der Waals surface area (Å²) < 4.78 is 39.5. The predicted molar refractivity (Wildman–Crippen MR) is 98.6 cm³/mol. The standard InChI is InChI=1S/C20H26F3N3O2/c1-3-18(27)26-12-16(14-5-4-6-15(11-14)20(21,22)23)17(13-26)19(28)25-9-7-24(2)8-10-25/h4-6,11,16-17H,3,7-10,12-13H2,1-2H3/t16-,17-/m0/s1. The Morgan fingerprint density at radius 1 is 1.07 bits per heavy atom. The molecule has 0 spiro atoms. The fourth-order valence-electron chi connectivity index (χ4n) is 4.03. The van der Waals surface area contributed by atoms with E-state index in [1.807, 2.05) is 7.05 Å². The highest BCUT2D eigenvalue weighted by molar-refractivity contribution is 5.83. The Labute approximate surface area is 163 Å². The zero-order valence-electron chi connectivity index (χ0n) is 16.2. The van der Waals surface area contributed by atoms with E-state index in [-0.39, 0.29) is 24.9 Å². The quantitative estimate of drug-likeness (QED) is 0.787. The van der Waals surface area contributed by atoms with Gasteiger partial charge in [0.1, 0.15) is 0 Å². The number of likely N-dealkylation sites (tertiary alicyclic amines) is 1. The molecule has 2 saturated heterocycles. The third-order valence-electron chi connectivity index (χ3n) is 5.75. The van der Waals surface area contributed by atoms with Crippen LogP contribution in [0.2, 0.25) is 0 Å². The maximum Gasteiger partial charge on any atom is 0.416 e. The molecule has 0 unspecified atom stereocenters. The van der Waals surface area contributed by atoms with Gasteiger partial charge in [-0.05, 0) is 18.7 Å². The fraction of sp³-hybridized carbons (Fsp3) is 0.600. The molecular weight excluding hydrogens is 371 g/mol. The van der Waals surface area contributed by atoms with E-state index >= 15 is 0 Å². The van der Waals surface area contributed by atoms with Crippen LogP contribution in [0.15, 0.2) is 24.3 Å². The summed E-state index contributed by atoms with van der Waals surface area (Å²) in [5, 5.41) is 0. The molecule has 0 bridgehead atoms. The maximum absolute atomic E-state index is 13.2. The van der Waals surface area contributed by atoms with E-state index in [2.05, 4.69) is 4.90 Å². The number of piperazine rings is 1. The average molecular weight is 397 g/mol. The molecule has 3 rings (SSSR count). The summed E-state index contributed by atoms with van der Waals surface area (Å²) in [6.07, 6.45) is -4.13. The Balaban J connectivity index is 1.87. The molecule has 0 saturated carbocycles. The number of halogens is 3. The molecule has 2 aliphatic rings. The first kappa shape index (κ1) is 20.6. The summed E-state index contributed by atoms with van der Waals surface area (Å²) in [7, 11) is 1.99. The van der Waals surface area contributed by atoms with Crippen LogP contribution in [0.3, 0.4) is 0 Å². The molecule has 5 nitrogen and oxygen atoms in total. The largest absolute Gasteiger partial charge is 0.416 e. The van der Waals surface area contributed by atoms with Crippen molar-refractivity contribution >= 4 is 11.8 Å². The molecule has 0 N–H and O–H groups in total. The normalized spacial score (nSPS) is 23.9. The number of nitrogens with zero attached hydrogens (tertiary/aromatic N) is 3. The van der Waals surface area contributed by atoms with E-state index in [1.54, 1.807) is 22.8 Å². The lowest BCUT2D eigenvalue weighted by molar-refractivity contribution is -0.138. The van der Waals surface area contributed by atoms with E-state index < -0.39 is 23.6 Å². The van der Waals surface area contributed by atoms with Gasteiger partial charge >= 0.3 is 6.18 Å². The number of hydrogen-bond acceptors (Lipinski definition) is 3. The van der Waals surface area contributed by atoms with E-state index in [9.17, 15) is 22.8 Å². The average Bonchev–Trinajstić information content (AvgIpc) is 3.12. The molecule has 0 radical (unpaired) electrons. The highest BCUT2D eigenvalue weighted by Crippen LogP contribution is 2.37. The van der Waals surface area contributed by atoms with Crippen LogP contribution < -0.4 is 0 Å². The van der Waals surface area contributed by atoms with Crippen LogP contribution in [0.25, 0.3) is 0 Å². The number of likely N-dealkylation sites (N-methyl/N-ethyl adjacent to an activating group) is 1. The van der Waals surface area contributed by atoms with Crippen LogP contribution in [0, 0.1) is 5.92 Å². The molecule has 1 aromatic rings. The monoisotopic (exact) mass is 397 g/mol. The summed E-state index contributed by atoms with van der Waals surface area (Å²) >= 11 is 0. The molecule has 154 valence electrons. The van der Waals surface area contributed by atoms with Crippen molar-refractivity contribution < 1.29 is 22.8 Å². The second-order valence-corrected chi connectivity index (χ2v) is 7.62. The lowest BCUT2D eigenvalue weighted by atomic mass is 9.87. The Kier molecular flexibility index (Phi) is 5.98. The van der Waals surface area contributed by atoms with E-state index in [4.69, 9.17) is 0 Å². The zero-order valence-corrected chi connectivity index (χ0v) is 16.2. The summed E-state index contributed by atoms with van der Waals surface area (Å²) in [5.41, 5.74) is -0.259. The first-order valence-electron chi connectivity index (χ1n) is 9.63. The number of rotatable bonds is 3. The number of amides is 2. The van der Waals surface area contributed by atoms with Crippen molar-refractivity contribution in [2.75, 3.05) is 46.3 Å². The number of benzene rings is 1. The summed E-state index contributed by atoms with van der Waals surface area (Å²) in [6.45, 7) is 5.02. The Morgan fingerprint density at radius 2 is 1.75 bits per heavy atom. The van der Waals surface area contributed by atoms with Crippen molar-refractivity contribution in [3.8, 4) is 0 Å². The van der Waals surface area contributed by atoms with Crippen molar-refractivity contribution in [1.82, 2.24) is 14.7 Å². The number of carbonyl (C=O) groups is 2. The van der Waals surface area contributed by atoms with Gasteiger partial charge in [-0.3, -0.25) is 9.59 Å². The van der Waals surface area contributed by atoms with Gasteiger partial charge in [0, 0.05) is 51.6 Å². The molecule has 0 aromatic heterocycles. The first-order chi connectivity index (χ1) is 13.2. The van der Waals surface area contributed by atoms with Gasteiger partial charge in [0.25, 0.3) is 0 Å². The van der Waals surface area contributed by atoms with Crippen LogP contribution >= 0.6 is 0 Å². The summed E-state index contributed by atoms with van der Waals surface area (Å²) in [4.78, 5) is 30.9. The van der Waals surface area contributed by atoms with Crippen LogP contribution in [-0.4, -0.2) is 72.8 Å². The lowest BCUT2D eigenvalue weighted by Gasteiger charge is -2.35. The predicted octanol–water partition coefficient (Wildman–Crippen LogP) is 2.43. The maximum atomic E-state index is 13.2. The Hall–Kier alpha value is -2.09. The van der Waals surface area contributed by atoms with Gasteiger partial charge in [0.05, 0.1) is 11.5 Å². The van der Waals surface area contributed by atoms with Crippen molar-refractivity contribution in [2.45, 2.75) is 25.4 Å². The van der Waals surface area contributed by atoms with Crippen molar-refractivity contribution in [1.29, 1.82) is 0 Å². The highest BCUT2D eigenvalue weighted by Gasteiger charge is 2.42. The van der Waals surface area contributed by atoms with Crippen LogP contribution in [0.4, 0.5) is 13.2 Å². The number of carbonyl (C=O) groups excluding carboxylic acids is 2. The molecular formula is C20H26F3N3O2. The van der Waals surface area contributed by atoms with Crippen molar-refractivity contribution in [3.05, 3.63) is 35.4 Å². The smallest absolute Gasteiger partial charge is 0.341 e. The van der Waals surface area contributed by atoms with Crippen LogP contribution in [0.5, 0.6) is 0 Å². The number of hydrogen-bond donors (Lipinski definition) is 0. The molecule has 8 heteroatoms. The minimum atomic E-state index is -4.44. The Morgan fingerprint density at radius 3 is 2.36 bits per heavy atom. The third-order valence-corrected chi connectivity index (χ3v) is 5.75. The molecule has 2 aliphatic heterocycles. The molecule has 0 aliphatic carbocycles. The molecule has 28 heavy (non-hydrogen) atoms. The van der Waals surface area contributed by atoms with Gasteiger partial charge in [-0.15, -0.1) is 0 Å². The summed E-state index contributed by atoms with van der Waals surface area (Å²) in [5.74, 6) is -1.08. The van der Waals surface area contributed by atoms with E-state index in [0.717, 1.165) is 25.2 Å². The van der Waals surface area contributed by atoms with E-state index in [1.165, 1.54) is 6.07 Å². The van der Waals surface area contributed by atoms with Crippen LogP contribution in [-0.2, 0) is 15.8 Å². The molecule has 2 fully saturated rings. The van der Waals surface area contributed by atoms with E-state index in [0.29, 0.717) is 25.1 Å². The van der Waals surface area contributed by atoms with Gasteiger partial charge in [-0.25, -0.2) is 0 Å². The second-order valence-electron chi connectivity index (χ2n) is 7.62. The minimum Gasteiger partial charge on any atom is -0.341 e. The second kappa shape index (κ2) is 8.11. The first-order valence-corrected chi connectivity index (χ1v) is 9.63.